The van der Waals surface area contributed by atoms with Gasteiger partial charge < -0.3 is 19.7 Å². The number of aryl methyl sites for hydroxylation is 1. The Morgan fingerprint density at radius 2 is 2.33 bits per heavy atom. The van der Waals surface area contributed by atoms with E-state index in [1.807, 2.05) is 31.2 Å². The summed E-state index contributed by atoms with van der Waals surface area (Å²) in [5.74, 6) is -0.0759. The molecule has 2 rings (SSSR count). The van der Waals surface area contributed by atoms with Crippen molar-refractivity contribution in [3.05, 3.63) is 29.8 Å². The Bertz CT molecular complexity index is 518. The Hall–Kier alpha value is -2.08. The Morgan fingerprint density at radius 3 is 3.05 bits per heavy atom. The highest BCUT2D eigenvalue weighted by Crippen LogP contribution is 2.19. The maximum absolute atomic E-state index is 12.0. The van der Waals surface area contributed by atoms with Crippen LogP contribution in [0, 0.1) is 6.92 Å². The Balaban J connectivity index is 1.96. The largest absolute Gasteiger partial charge is 0.450 e. The average molecular weight is 292 g/mol. The van der Waals surface area contributed by atoms with Crippen molar-refractivity contribution in [3.8, 4) is 0 Å². The number of amides is 2. The molecule has 1 fully saturated rings. The van der Waals surface area contributed by atoms with Crippen LogP contribution < -0.4 is 10.2 Å². The zero-order valence-electron chi connectivity index (χ0n) is 12.3. The molecular formula is C15H20N2O4. The van der Waals surface area contributed by atoms with E-state index in [0.29, 0.717) is 19.7 Å². The lowest BCUT2D eigenvalue weighted by Gasteiger charge is -2.33. The summed E-state index contributed by atoms with van der Waals surface area (Å²) in [5, 5.41) is 2.63. The van der Waals surface area contributed by atoms with E-state index in [0.717, 1.165) is 11.3 Å². The van der Waals surface area contributed by atoms with Crippen LogP contribution in [0.5, 0.6) is 0 Å². The molecule has 114 valence electrons. The third-order valence-corrected chi connectivity index (χ3v) is 3.19. The molecule has 6 nitrogen and oxygen atoms in total. The lowest BCUT2D eigenvalue weighted by Crippen LogP contribution is -2.50. The molecule has 21 heavy (non-hydrogen) atoms. The summed E-state index contributed by atoms with van der Waals surface area (Å²) in [6.07, 6.45) is -0.715. The van der Waals surface area contributed by atoms with Crippen molar-refractivity contribution in [2.24, 2.45) is 0 Å². The SMILES string of the molecule is CCOC(=O)NCC1CN(c2cccc(C)c2)C(=O)CO1. The maximum Gasteiger partial charge on any atom is 0.407 e. The smallest absolute Gasteiger partial charge is 0.407 e. The minimum atomic E-state index is -0.472. The first-order valence-electron chi connectivity index (χ1n) is 6.99. The predicted molar refractivity (Wildman–Crippen MR) is 78.3 cm³/mol. The first kappa shape index (κ1) is 15.3. The molecule has 1 aromatic carbocycles. The summed E-state index contributed by atoms with van der Waals surface area (Å²) in [5.41, 5.74) is 1.94. The van der Waals surface area contributed by atoms with Crippen molar-refractivity contribution in [2.45, 2.75) is 20.0 Å². The van der Waals surface area contributed by atoms with Crippen LogP contribution in [0.2, 0.25) is 0 Å². The molecule has 1 heterocycles. The highest BCUT2D eigenvalue weighted by molar-refractivity contribution is 5.95. The third-order valence-electron chi connectivity index (χ3n) is 3.19. The zero-order chi connectivity index (χ0) is 15.2. The molecule has 1 aromatic rings. The molecule has 0 spiro atoms. The number of anilines is 1. The number of hydrogen-bond donors (Lipinski definition) is 1. The van der Waals surface area contributed by atoms with Crippen LogP contribution in [0.1, 0.15) is 12.5 Å². The second-order valence-corrected chi connectivity index (χ2v) is 4.88. The summed E-state index contributed by atoms with van der Waals surface area (Å²) in [4.78, 5) is 24.9. The van der Waals surface area contributed by atoms with E-state index < -0.39 is 6.09 Å². The molecular weight excluding hydrogens is 272 g/mol. The normalized spacial score (nSPS) is 18.5. The summed E-state index contributed by atoms with van der Waals surface area (Å²) in [6.45, 7) is 4.79. The number of nitrogens with one attached hydrogen (secondary N) is 1. The van der Waals surface area contributed by atoms with E-state index in [1.54, 1.807) is 11.8 Å². The van der Waals surface area contributed by atoms with Crippen LogP contribution in [-0.4, -0.2) is 44.4 Å². The van der Waals surface area contributed by atoms with Gasteiger partial charge in [-0.25, -0.2) is 4.79 Å². The number of ether oxygens (including phenoxy) is 2. The standard InChI is InChI=1S/C15H20N2O4/c1-3-20-15(19)16-8-13-9-17(14(18)10-21-13)12-6-4-5-11(2)7-12/h4-7,13H,3,8-10H2,1-2H3,(H,16,19). The van der Waals surface area contributed by atoms with Crippen LogP contribution in [-0.2, 0) is 14.3 Å². The van der Waals surface area contributed by atoms with Crippen LogP contribution in [0.3, 0.4) is 0 Å². The summed E-state index contributed by atoms with van der Waals surface area (Å²) >= 11 is 0. The van der Waals surface area contributed by atoms with Crippen molar-refractivity contribution in [3.63, 3.8) is 0 Å². The van der Waals surface area contributed by atoms with E-state index in [1.165, 1.54) is 0 Å². The van der Waals surface area contributed by atoms with Gasteiger partial charge in [0.05, 0.1) is 19.3 Å². The molecule has 0 saturated carbocycles. The third kappa shape index (κ3) is 4.19. The van der Waals surface area contributed by atoms with Gasteiger partial charge in [0.2, 0.25) is 0 Å². The van der Waals surface area contributed by atoms with Gasteiger partial charge in [-0.1, -0.05) is 12.1 Å². The number of carbonyl (C=O) groups excluding carboxylic acids is 2. The van der Waals surface area contributed by atoms with Crippen molar-refractivity contribution in [2.75, 3.05) is 31.2 Å². The fraction of sp³-hybridized carbons (Fsp3) is 0.467. The van der Waals surface area contributed by atoms with Gasteiger partial charge in [0.15, 0.2) is 0 Å². The summed E-state index contributed by atoms with van der Waals surface area (Å²) in [7, 11) is 0. The Labute approximate surface area is 124 Å². The molecule has 0 aromatic heterocycles. The summed E-state index contributed by atoms with van der Waals surface area (Å²) in [6, 6.07) is 7.75. The van der Waals surface area contributed by atoms with Gasteiger partial charge in [0, 0.05) is 12.2 Å². The molecule has 1 N–H and O–H groups in total. The van der Waals surface area contributed by atoms with E-state index in [-0.39, 0.29) is 18.6 Å². The van der Waals surface area contributed by atoms with E-state index in [4.69, 9.17) is 9.47 Å². The Kier molecular flexibility index (Phi) is 5.16. The van der Waals surface area contributed by atoms with Crippen LogP contribution in [0.4, 0.5) is 10.5 Å². The lowest BCUT2D eigenvalue weighted by atomic mass is 10.1. The van der Waals surface area contributed by atoms with Crippen LogP contribution >= 0.6 is 0 Å². The van der Waals surface area contributed by atoms with E-state index in [9.17, 15) is 9.59 Å². The highest BCUT2D eigenvalue weighted by Gasteiger charge is 2.27. The first-order chi connectivity index (χ1) is 10.1. The minimum absolute atomic E-state index is 0.0170. The van der Waals surface area contributed by atoms with Gasteiger partial charge in [-0.05, 0) is 31.5 Å². The maximum atomic E-state index is 12.0. The first-order valence-corrected chi connectivity index (χ1v) is 6.99. The van der Waals surface area contributed by atoms with E-state index in [2.05, 4.69) is 5.32 Å². The van der Waals surface area contributed by atoms with Crippen molar-refractivity contribution >= 4 is 17.7 Å². The van der Waals surface area contributed by atoms with Gasteiger partial charge in [0.1, 0.15) is 6.61 Å². The monoisotopic (exact) mass is 292 g/mol. The quantitative estimate of drug-likeness (QED) is 0.912. The number of alkyl carbamates (subject to hydrolysis) is 1. The van der Waals surface area contributed by atoms with Crippen molar-refractivity contribution < 1.29 is 19.1 Å². The van der Waals surface area contributed by atoms with Crippen molar-refractivity contribution in [1.29, 1.82) is 0 Å². The van der Waals surface area contributed by atoms with Gasteiger partial charge in [-0.2, -0.15) is 0 Å². The van der Waals surface area contributed by atoms with Gasteiger partial charge in [-0.3, -0.25) is 4.79 Å². The molecule has 1 unspecified atom stereocenters. The molecule has 1 aliphatic heterocycles. The fourth-order valence-corrected chi connectivity index (χ4v) is 2.17. The number of morpholine rings is 1. The molecule has 0 bridgehead atoms. The summed E-state index contributed by atoms with van der Waals surface area (Å²) < 4.78 is 10.2. The minimum Gasteiger partial charge on any atom is -0.450 e. The van der Waals surface area contributed by atoms with Gasteiger partial charge >= 0.3 is 6.09 Å². The molecule has 0 radical (unpaired) electrons. The van der Waals surface area contributed by atoms with Gasteiger partial charge in [0.25, 0.3) is 5.91 Å². The second kappa shape index (κ2) is 7.08. The van der Waals surface area contributed by atoms with Gasteiger partial charge in [-0.15, -0.1) is 0 Å². The predicted octanol–water partition coefficient (Wildman–Crippen LogP) is 1.47. The molecule has 2 amide bonds. The average Bonchev–Trinajstić information content (AvgIpc) is 2.46. The fourth-order valence-electron chi connectivity index (χ4n) is 2.17. The number of nitrogens with zero attached hydrogens (tertiary/aromatic N) is 1. The molecule has 0 aliphatic carbocycles. The van der Waals surface area contributed by atoms with Crippen LogP contribution in [0.15, 0.2) is 24.3 Å². The number of benzene rings is 1. The molecule has 1 saturated heterocycles. The number of carbonyl (C=O) groups is 2. The molecule has 6 heteroatoms. The van der Waals surface area contributed by atoms with Crippen molar-refractivity contribution in [1.82, 2.24) is 5.32 Å². The highest BCUT2D eigenvalue weighted by atomic mass is 16.5. The van der Waals surface area contributed by atoms with Crippen LogP contribution in [0.25, 0.3) is 0 Å². The second-order valence-electron chi connectivity index (χ2n) is 4.88. The van der Waals surface area contributed by atoms with E-state index >= 15 is 0 Å². The number of hydrogen-bond acceptors (Lipinski definition) is 4. The topological polar surface area (TPSA) is 67.9 Å². The number of rotatable bonds is 4. The Morgan fingerprint density at radius 1 is 1.52 bits per heavy atom. The molecule has 1 aliphatic rings. The lowest BCUT2D eigenvalue weighted by molar-refractivity contribution is -0.129. The molecule has 1 atom stereocenters. The zero-order valence-corrected chi connectivity index (χ0v) is 12.3.